The van der Waals surface area contributed by atoms with Crippen molar-refractivity contribution in [2.24, 2.45) is 0 Å². The number of aryl methyl sites for hydroxylation is 2. The Kier molecular flexibility index (Phi) is 4.91. The van der Waals surface area contributed by atoms with E-state index in [0.29, 0.717) is 0 Å². The number of nitrogens with zero attached hydrogens (tertiary/aromatic N) is 1. The van der Waals surface area contributed by atoms with Gasteiger partial charge in [-0.25, -0.2) is 0 Å². The van der Waals surface area contributed by atoms with Crippen LogP contribution in [0.15, 0.2) is 54.9 Å². The molecule has 0 fully saturated rings. The third-order valence-corrected chi connectivity index (χ3v) is 3.10. The van der Waals surface area contributed by atoms with Gasteiger partial charge in [-0.1, -0.05) is 36.4 Å². The van der Waals surface area contributed by atoms with E-state index in [4.69, 9.17) is 0 Å². The molecule has 0 spiro atoms. The van der Waals surface area contributed by atoms with Gasteiger partial charge in [-0.05, 0) is 42.9 Å². The molecule has 0 aliphatic rings. The first kappa shape index (κ1) is 12.8. The van der Waals surface area contributed by atoms with Crippen LogP contribution in [0.1, 0.15) is 24.0 Å². The number of benzene rings is 1. The van der Waals surface area contributed by atoms with E-state index in [1.807, 2.05) is 30.5 Å². The lowest BCUT2D eigenvalue weighted by Gasteiger charge is -2.10. The van der Waals surface area contributed by atoms with Crippen LogP contribution in [-0.2, 0) is 12.8 Å². The van der Waals surface area contributed by atoms with Crippen LogP contribution < -0.4 is 0 Å². The number of hydrogen-bond acceptors (Lipinski definition) is 2. The second kappa shape index (κ2) is 6.92. The topological polar surface area (TPSA) is 33.1 Å². The molecule has 0 saturated carbocycles. The molecule has 2 rings (SSSR count). The summed E-state index contributed by atoms with van der Waals surface area (Å²) >= 11 is 0. The summed E-state index contributed by atoms with van der Waals surface area (Å²) in [5.74, 6) is 0. The molecule has 1 unspecified atom stereocenters. The first-order chi connectivity index (χ1) is 8.84. The van der Waals surface area contributed by atoms with Crippen molar-refractivity contribution in [3.63, 3.8) is 0 Å². The summed E-state index contributed by atoms with van der Waals surface area (Å²) in [7, 11) is 0. The SMILES string of the molecule is OC(CCc1ccccc1)CCc1cccnc1. The summed E-state index contributed by atoms with van der Waals surface area (Å²) in [5, 5.41) is 9.95. The highest BCUT2D eigenvalue weighted by atomic mass is 16.3. The Morgan fingerprint density at radius 1 is 0.889 bits per heavy atom. The zero-order valence-electron chi connectivity index (χ0n) is 10.5. The van der Waals surface area contributed by atoms with Crippen LogP contribution in [0.3, 0.4) is 0 Å². The maximum atomic E-state index is 9.95. The maximum Gasteiger partial charge on any atom is 0.0546 e. The fourth-order valence-electron chi connectivity index (χ4n) is 2.00. The number of hydrogen-bond donors (Lipinski definition) is 1. The second-order valence-corrected chi connectivity index (χ2v) is 4.58. The fourth-order valence-corrected chi connectivity index (χ4v) is 2.00. The molecule has 2 nitrogen and oxygen atoms in total. The smallest absolute Gasteiger partial charge is 0.0546 e. The second-order valence-electron chi connectivity index (χ2n) is 4.58. The molecule has 1 aromatic heterocycles. The van der Waals surface area contributed by atoms with Crippen LogP contribution in [0.2, 0.25) is 0 Å². The Labute approximate surface area is 108 Å². The van der Waals surface area contributed by atoms with Crippen LogP contribution in [0.25, 0.3) is 0 Å². The average molecular weight is 241 g/mol. The normalized spacial score (nSPS) is 12.3. The van der Waals surface area contributed by atoms with Gasteiger partial charge < -0.3 is 5.11 Å². The van der Waals surface area contributed by atoms with Gasteiger partial charge >= 0.3 is 0 Å². The van der Waals surface area contributed by atoms with Gasteiger partial charge in [-0.15, -0.1) is 0 Å². The average Bonchev–Trinajstić information content (AvgIpc) is 2.45. The third-order valence-electron chi connectivity index (χ3n) is 3.10. The molecule has 0 amide bonds. The van der Waals surface area contributed by atoms with Crippen LogP contribution in [0.4, 0.5) is 0 Å². The van der Waals surface area contributed by atoms with Gasteiger partial charge in [0, 0.05) is 12.4 Å². The molecule has 1 heterocycles. The predicted octanol–water partition coefficient (Wildman–Crippen LogP) is 3.01. The van der Waals surface area contributed by atoms with E-state index in [2.05, 4.69) is 23.2 Å². The van der Waals surface area contributed by atoms with E-state index in [9.17, 15) is 5.11 Å². The summed E-state index contributed by atoms with van der Waals surface area (Å²) in [6.45, 7) is 0. The van der Waals surface area contributed by atoms with Crippen molar-refractivity contribution < 1.29 is 5.11 Å². The Balaban J connectivity index is 1.71. The molecule has 18 heavy (non-hydrogen) atoms. The first-order valence-corrected chi connectivity index (χ1v) is 6.45. The Bertz CT molecular complexity index is 398. The standard InChI is InChI=1S/C16H19NO/c18-16(10-8-14-5-2-1-3-6-14)11-9-15-7-4-12-17-13-15/h1-7,12-13,16,18H,8-11H2. The Hall–Kier alpha value is -1.67. The highest BCUT2D eigenvalue weighted by Crippen LogP contribution is 2.10. The van der Waals surface area contributed by atoms with E-state index < -0.39 is 0 Å². The van der Waals surface area contributed by atoms with Crippen LogP contribution in [0.5, 0.6) is 0 Å². The monoisotopic (exact) mass is 241 g/mol. The minimum atomic E-state index is -0.231. The molecule has 0 radical (unpaired) electrons. The van der Waals surface area contributed by atoms with E-state index in [-0.39, 0.29) is 6.10 Å². The van der Waals surface area contributed by atoms with Gasteiger partial charge in [0.2, 0.25) is 0 Å². The summed E-state index contributed by atoms with van der Waals surface area (Å²) in [6, 6.07) is 14.3. The molecule has 2 heteroatoms. The number of rotatable bonds is 6. The molecule has 0 saturated heterocycles. The molecular formula is C16H19NO. The van der Waals surface area contributed by atoms with E-state index in [1.165, 1.54) is 11.1 Å². The Morgan fingerprint density at radius 2 is 1.56 bits per heavy atom. The summed E-state index contributed by atoms with van der Waals surface area (Å²) < 4.78 is 0. The number of aliphatic hydroxyl groups is 1. The summed E-state index contributed by atoms with van der Waals surface area (Å²) in [4.78, 5) is 4.07. The van der Waals surface area contributed by atoms with Crippen molar-refractivity contribution in [1.29, 1.82) is 0 Å². The predicted molar refractivity (Wildman–Crippen MR) is 73.3 cm³/mol. The zero-order chi connectivity index (χ0) is 12.6. The van der Waals surface area contributed by atoms with E-state index in [0.717, 1.165) is 25.7 Å². The zero-order valence-corrected chi connectivity index (χ0v) is 10.5. The molecule has 0 aliphatic heterocycles. The molecule has 1 N–H and O–H groups in total. The fraction of sp³-hybridized carbons (Fsp3) is 0.312. The van der Waals surface area contributed by atoms with Crippen LogP contribution in [0, 0.1) is 0 Å². The lowest BCUT2D eigenvalue weighted by atomic mass is 10.0. The van der Waals surface area contributed by atoms with Crippen LogP contribution in [-0.4, -0.2) is 16.2 Å². The van der Waals surface area contributed by atoms with Gasteiger partial charge in [-0.3, -0.25) is 4.98 Å². The van der Waals surface area contributed by atoms with Crippen molar-refractivity contribution in [2.45, 2.75) is 31.8 Å². The van der Waals surface area contributed by atoms with Crippen molar-refractivity contribution in [3.8, 4) is 0 Å². The van der Waals surface area contributed by atoms with E-state index >= 15 is 0 Å². The van der Waals surface area contributed by atoms with Crippen molar-refractivity contribution in [1.82, 2.24) is 4.98 Å². The maximum absolute atomic E-state index is 9.95. The van der Waals surface area contributed by atoms with E-state index in [1.54, 1.807) is 6.20 Å². The minimum Gasteiger partial charge on any atom is -0.393 e. The highest BCUT2D eigenvalue weighted by molar-refractivity contribution is 5.14. The van der Waals surface area contributed by atoms with Crippen molar-refractivity contribution in [3.05, 3.63) is 66.0 Å². The Morgan fingerprint density at radius 3 is 2.22 bits per heavy atom. The lowest BCUT2D eigenvalue weighted by molar-refractivity contribution is 0.155. The van der Waals surface area contributed by atoms with Gasteiger partial charge in [0.25, 0.3) is 0 Å². The minimum absolute atomic E-state index is 0.231. The first-order valence-electron chi connectivity index (χ1n) is 6.45. The number of aliphatic hydroxyl groups excluding tert-OH is 1. The molecule has 94 valence electrons. The molecule has 0 bridgehead atoms. The van der Waals surface area contributed by atoms with Crippen molar-refractivity contribution >= 4 is 0 Å². The summed E-state index contributed by atoms with van der Waals surface area (Å²) in [6.07, 6.45) is 6.87. The van der Waals surface area contributed by atoms with Gasteiger partial charge in [-0.2, -0.15) is 0 Å². The summed E-state index contributed by atoms with van der Waals surface area (Å²) in [5.41, 5.74) is 2.48. The third kappa shape index (κ3) is 4.30. The lowest BCUT2D eigenvalue weighted by Crippen LogP contribution is -2.09. The molecule has 2 aromatic rings. The quantitative estimate of drug-likeness (QED) is 0.843. The molecule has 1 aromatic carbocycles. The van der Waals surface area contributed by atoms with Crippen LogP contribution >= 0.6 is 0 Å². The number of aromatic nitrogens is 1. The van der Waals surface area contributed by atoms with Gasteiger partial charge in [0.1, 0.15) is 0 Å². The number of pyridine rings is 1. The van der Waals surface area contributed by atoms with Crippen molar-refractivity contribution in [2.75, 3.05) is 0 Å². The molecular weight excluding hydrogens is 222 g/mol. The largest absolute Gasteiger partial charge is 0.393 e. The van der Waals surface area contributed by atoms with Gasteiger partial charge in [0.15, 0.2) is 0 Å². The molecule has 1 atom stereocenters. The van der Waals surface area contributed by atoms with Gasteiger partial charge in [0.05, 0.1) is 6.10 Å². The highest BCUT2D eigenvalue weighted by Gasteiger charge is 2.05. The molecule has 0 aliphatic carbocycles.